The van der Waals surface area contributed by atoms with E-state index in [9.17, 15) is 9.59 Å². The van der Waals surface area contributed by atoms with Crippen LogP contribution in [0.3, 0.4) is 0 Å². The molecule has 2 N–H and O–H groups in total. The Balaban J connectivity index is 1.95. The number of hydrogen-bond acceptors (Lipinski definition) is 5. The van der Waals surface area contributed by atoms with E-state index in [-0.39, 0.29) is 18.9 Å². The highest BCUT2D eigenvalue weighted by Crippen LogP contribution is 2.39. The molecule has 0 radical (unpaired) electrons. The average Bonchev–Trinajstić information content (AvgIpc) is 2.96. The van der Waals surface area contributed by atoms with Crippen LogP contribution in [-0.4, -0.2) is 55.7 Å². The van der Waals surface area contributed by atoms with Crippen molar-refractivity contribution in [1.82, 2.24) is 4.90 Å². The third-order valence-corrected chi connectivity index (χ3v) is 4.55. The van der Waals surface area contributed by atoms with Crippen molar-refractivity contribution in [2.24, 2.45) is 5.73 Å². The largest absolute Gasteiger partial charge is 0.486 e. The second-order valence-electron chi connectivity index (χ2n) is 6.19. The molecule has 1 fully saturated rings. The van der Waals surface area contributed by atoms with E-state index in [1.807, 2.05) is 0 Å². The topological polar surface area (TPSA) is 91.1 Å². The summed E-state index contributed by atoms with van der Waals surface area (Å²) in [5, 5.41) is 0. The van der Waals surface area contributed by atoms with Crippen LogP contribution in [-0.2, 0) is 9.53 Å². The van der Waals surface area contributed by atoms with Crippen molar-refractivity contribution in [2.45, 2.75) is 24.8 Å². The monoisotopic (exact) mass is 334 g/mol. The number of para-hydroxylation sites is 1. The zero-order chi connectivity index (χ0) is 17.2. The Morgan fingerprint density at radius 1 is 1.33 bits per heavy atom. The molecule has 1 atom stereocenters. The molecule has 2 aliphatic heterocycles. The third-order valence-electron chi connectivity index (χ3n) is 4.55. The number of fused-ring (bicyclic) bond motifs is 1. The van der Waals surface area contributed by atoms with E-state index in [1.54, 1.807) is 30.2 Å². The maximum atomic E-state index is 13.2. The van der Waals surface area contributed by atoms with Crippen LogP contribution in [0.2, 0.25) is 0 Å². The molecule has 0 unspecified atom stereocenters. The molecular weight excluding hydrogens is 312 g/mol. The van der Waals surface area contributed by atoms with Gasteiger partial charge in [-0.05, 0) is 25.0 Å². The molecule has 24 heavy (non-hydrogen) atoms. The molecular formula is C17H22N2O5. The molecule has 7 heteroatoms. The molecule has 0 aliphatic carbocycles. The number of benzene rings is 1. The first-order valence-corrected chi connectivity index (χ1v) is 8.05. The van der Waals surface area contributed by atoms with Gasteiger partial charge in [-0.1, -0.05) is 6.07 Å². The van der Waals surface area contributed by atoms with Crippen LogP contribution in [0, 0.1) is 0 Å². The molecule has 0 bridgehead atoms. The Morgan fingerprint density at radius 2 is 2.12 bits per heavy atom. The van der Waals surface area contributed by atoms with Crippen LogP contribution in [0.4, 0.5) is 0 Å². The van der Waals surface area contributed by atoms with Crippen molar-refractivity contribution < 1.29 is 23.8 Å². The summed E-state index contributed by atoms with van der Waals surface area (Å²) in [5.41, 5.74) is 5.17. The van der Waals surface area contributed by atoms with Crippen LogP contribution in [0.25, 0.3) is 0 Å². The highest BCUT2D eigenvalue weighted by Gasteiger charge is 2.45. The quantitative estimate of drug-likeness (QED) is 0.866. The van der Waals surface area contributed by atoms with E-state index in [4.69, 9.17) is 19.9 Å². The lowest BCUT2D eigenvalue weighted by atomic mass is 9.91. The number of nitrogens with zero attached hydrogens (tertiary/aromatic N) is 1. The molecule has 0 spiro atoms. The summed E-state index contributed by atoms with van der Waals surface area (Å²) in [5.74, 6) is 0.402. The Bertz CT molecular complexity index is 648. The fourth-order valence-corrected chi connectivity index (χ4v) is 3.62. The number of ether oxygens (including phenoxy) is 3. The summed E-state index contributed by atoms with van der Waals surface area (Å²) < 4.78 is 16.5. The second kappa shape index (κ2) is 6.68. The van der Waals surface area contributed by atoms with Crippen LogP contribution in [0.5, 0.6) is 11.5 Å². The molecule has 1 saturated heterocycles. The smallest absolute Gasteiger partial charge is 0.258 e. The number of carbonyl (C=O) groups is 2. The number of amides is 2. The number of primary amides is 1. The summed E-state index contributed by atoms with van der Waals surface area (Å²) in [6.45, 7) is 1.69. The fraction of sp³-hybridized carbons (Fsp3) is 0.529. The van der Waals surface area contributed by atoms with Crippen molar-refractivity contribution in [3.63, 3.8) is 0 Å². The molecule has 1 aromatic carbocycles. The van der Waals surface area contributed by atoms with Crippen molar-refractivity contribution in [2.75, 3.05) is 33.5 Å². The second-order valence-corrected chi connectivity index (χ2v) is 6.19. The fourth-order valence-electron chi connectivity index (χ4n) is 3.62. The number of carbonyl (C=O) groups excluding carboxylic acids is 2. The SMILES string of the molecule is COC[C@@]1(CC(N)=O)CCCN1C(=O)c1cccc2c1OCCO2. The van der Waals surface area contributed by atoms with E-state index in [0.29, 0.717) is 43.2 Å². The summed E-state index contributed by atoms with van der Waals surface area (Å²) >= 11 is 0. The predicted molar refractivity (Wildman–Crippen MR) is 86.1 cm³/mol. The Kier molecular flexibility index (Phi) is 4.62. The lowest BCUT2D eigenvalue weighted by Gasteiger charge is -2.37. The highest BCUT2D eigenvalue weighted by molar-refractivity contribution is 5.99. The summed E-state index contributed by atoms with van der Waals surface area (Å²) in [6.07, 6.45) is 1.57. The molecule has 2 aliphatic rings. The third kappa shape index (κ3) is 2.91. The van der Waals surface area contributed by atoms with Crippen LogP contribution in [0.1, 0.15) is 29.6 Å². The maximum Gasteiger partial charge on any atom is 0.258 e. The summed E-state index contributed by atoms with van der Waals surface area (Å²) in [6, 6.07) is 5.26. The van der Waals surface area contributed by atoms with Gasteiger partial charge in [0.15, 0.2) is 11.5 Å². The van der Waals surface area contributed by atoms with Gasteiger partial charge in [-0.2, -0.15) is 0 Å². The highest BCUT2D eigenvalue weighted by atomic mass is 16.6. The van der Waals surface area contributed by atoms with Gasteiger partial charge in [0.05, 0.1) is 24.1 Å². The van der Waals surface area contributed by atoms with Crippen molar-refractivity contribution in [1.29, 1.82) is 0 Å². The van der Waals surface area contributed by atoms with Crippen molar-refractivity contribution >= 4 is 11.8 Å². The normalized spacial score (nSPS) is 22.5. The van der Waals surface area contributed by atoms with Crippen LogP contribution >= 0.6 is 0 Å². The predicted octanol–water partition coefficient (Wildman–Crippen LogP) is 0.954. The van der Waals surface area contributed by atoms with Crippen molar-refractivity contribution in [3.05, 3.63) is 23.8 Å². The lowest BCUT2D eigenvalue weighted by Crippen LogP contribution is -2.52. The van der Waals surface area contributed by atoms with E-state index >= 15 is 0 Å². The van der Waals surface area contributed by atoms with Crippen LogP contribution < -0.4 is 15.2 Å². The zero-order valence-corrected chi connectivity index (χ0v) is 13.7. The first-order valence-electron chi connectivity index (χ1n) is 8.05. The molecule has 1 aromatic rings. The molecule has 2 heterocycles. The number of nitrogens with two attached hydrogens (primary N) is 1. The molecule has 2 amide bonds. The Hall–Kier alpha value is -2.28. The summed E-state index contributed by atoms with van der Waals surface area (Å²) in [4.78, 5) is 26.4. The first kappa shape index (κ1) is 16.6. The van der Waals surface area contributed by atoms with Gasteiger partial charge >= 0.3 is 0 Å². The lowest BCUT2D eigenvalue weighted by molar-refractivity contribution is -0.121. The van der Waals surface area contributed by atoms with Gasteiger partial charge < -0.3 is 24.8 Å². The minimum Gasteiger partial charge on any atom is -0.486 e. The Morgan fingerprint density at radius 3 is 2.88 bits per heavy atom. The van der Waals surface area contributed by atoms with Gasteiger partial charge in [0.2, 0.25) is 5.91 Å². The number of hydrogen-bond donors (Lipinski definition) is 1. The minimum atomic E-state index is -0.698. The molecule has 0 saturated carbocycles. The van der Waals surface area contributed by atoms with Gasteiger partial charge in [-0.3, -0.25) is 9.59 Å². The maximum absolute atomic E-state index is 13.2. The van der Waals surface area contributed by atoms with Gasteiger partial charge in [-0.15, -0.1) is 0 Å². The van der Waals surface area contributed by atoms with Gasteiger partial charge in [-0.25, -0.2) is 0 Å². The van der Waals surface area contributed by atoms with E-state index in [1.165, 1.54) is 0 Å². The van der Waals surface area contributed by atoms with Gasteiger partial charge in [0.25, 0.3) is 5.91 Å². The Labute approximate surface area is 140 Å². The van der Waals surface area contributed by atoms with Crippen molar-refractivity contribution in [3.8, 4) is 11.5 Å². The number of rotatable bonds is 5. The zero-order valence-electron chi connectivity index (χ0n) is 13.7. The van der Waals surface area contributed by atoms with E-state index < -0.39 is 11.4 Å². The molecule has 3 rings (SSSR count). The number of likely N-dealkylation sites (tertiary alicyclic amines) is 1. The minimum absolute atomic E-state index is 0.0823. The standard InChI is InChI=1S/C17H22N2O5/c1-22-11-17(10-14(18)20)6-3-7-19(17)16(21)12-4-2-5-13-15(12)24-9-8-23-13/h2,4-5H,3,6-11H2,1H3,(H2,18,20)/t17-/m0/s1. The van der Waals surface area contributed by atoms with Gasteiger partial charge in [0, 0.05) is 13.7 Å². The number of methoxy groups -OCH3 is 1. The summed E-state index contributed by atoms with van der Waals surface area (Å²) in [7, 11) is 1.56. The molecule has 0 aromatic heterocycles. The van der Waals surface area contributed by atoms with Crippen LogP contribution in [0.15, 0.2) is 18.2 Å². The molecule has 130 valence electrons. The van der Waals surface area contributed by atoms with Gasteiger partial charge in [0.1, 0.15) is 13.2 Å². The average molecular weight is 334 g/mol. The first-order chi connectivity index (χ1) is 11.6. The molecule has 7 nitrogen and oxygen atoms in total. The van der Waals surface area contributed by atoms with E-state index in [0.717, 1.165) is 6.42 Å². The van der Waals surface area contributed by atoms with E-state index in [2.05, 4.69) is 0 Å².